The summed E-state index contributed by atoms with van der Waals surface area (Å²) in [5.41, 5.74) is 1.04. The Kier molecular flexibility index (Phi) is 4.12. The average molecular weight is 314 g/mol. The molecule has 23 heavy (non-hydrogen) atoms. The summed E-state index contributed by atoms with van der Waals surface area (Å²) in [4.78, 5) is 2.45. The third kappa shape index (κ3) is 3.15. The molecule has 0 saturated heterocycles. The second-order valence-corrected chi connectivity index (χ2v) is 6.76. The van der Waals surface area contributed by atoms with Crippen LogP contribution in [0.3, 0.4) is 0 Å². The summed E-state index contributed by atoms with van der Waals surface area (Å²) in [6, 6.07) is 7.54. The van der Waals surface area contributed by atoms with Gasteiger partial charge in [-0.2, -0.15) is 0 Å². The minimum Gasteiger partial charge on any atom is -0.314 e. The molecular formula is C18H23FN4. The molecule has 0 amide bonds. The Bertz CT molecular complexity index is 677. The van der Waals surface area contributed by atoms with E-state index in [0.717, 1.165) is 43.3 Å². The van der Waals surface area contributed by atoms with E-state index in [2.05, 4.69) is 19.7 Å². The van der Waals surface area contributed by atoms with E-state index in [9.17, 15) is 4.39 Å². The lowest BCUT2D eigenvalue weighted by molar-refractivity contribution is 0.106. The zero-order valence-corrected chi connectivity index (χ0v) is 13.4. The van der Waals surface area contributed by atoms with Crippen molar-refractivity contribution < 1.29 is 4.39 Å². The highest BCUT2D eigenvalue weighted by Gasteiger charge is 2.27. The van der Waals surface area contributed by atoms with Crippen LogP contribution in [0.15, 0.2) is 24.3 Å². The summed E-state index contributed by atoms with van der Waals surface area (Å²) < 4.78 is 15.8. The monoisotopic (exact) mass is 314 g/mol. The summed E-state index contributed by atoms with van der Waals surface area (Å²) in [6.45, 7) is 2.63. The molecule has 1 fully saturated rings. The molecule has 0 atom stereocenters. The van der Waals surface area contributed by atoms with Gasteiger partial charge in [0.25, 0.3) is 0 Å². The van der Waals surface area contributed by atoms with Crippen molar-refractivity contribution in [2.75, 3.05) is 0 Å². The van der Waals surface area contributed by atoms with Crippen LogP contribution in [0.4, 0.5) is 4.39 Å². The molecule has 2 aromatic rings. The van der Waals surface area contributed by atoms with Crippen molar-refractivity contribution in [2.24, 2.45) is 0 Å². The number of hydrogen-bond acceptors (Lipinski definition) is 3. The summed E-state index contributed by atoms with van der Waals surface area (Å²) in [6.07, 6.45) is 7.23. The second-order valence-electron chi connectivity index (χ2n) is 6.76. The lowest BCUT2D eigenvalue weighted by atomic mass is 9.91. The van der Waals surface area contributed by atoms with E-state index in [1.165, 1.54) is 38.2 Å². The number of halogens is 1. The van der Waals surface area contributed by atoms with Gasteiger partial charge in [0.15, 0.2) is 0 Å². The van der Waals surface area contributed by atoms with Crippen molar-refractivity contribution in [3.63, 3.8) is 0 Å². The number of aromatic nitrogens is 3. The molecule has 1 aromatic carbocycles. The average Bonchev–Trinajstić information content (AvgIpc) is 2.89. The Morgan fingerprint density at radius 1 is 1.13 bits per heavy atom. The molecule has 1 aliphatic heterocycles. The highest BCUT2D eigenvalue weighted by molar-refractivity contribution is 5.16. The molecule has 0 bridgehead atoms. The van der Waals surface area contributed by atoms with Crippen molar-refractivity contribution in [1.82, 2.24) is 19.7 Å². The van der Waals surface area contributed by atoms with Crippen LogP contribution in [-0.4, -0.2) is 25.7 Å². The van der Waals surface area contributed by atoms with Gasteiger partial charge in [-0.05, 0) is 43.4 Å². The minimum absolute atomic E-state index is 0.157. The summed E-state index contributed by atoms with van der Waals surface area (Å²) in [5.74, 6) is 2.05. The highest BCUT2D eigenvalue weighted by atomic mass is 19.1. The number of fused-ring (bicyclic) bond motifs is 1. The van der Waals surface area contributed by atoms with Gasteiger partial charge in [0.2, 0.25) is 0 Å². The van der Waals surface area contributed by atoms with Gasteiger partial charge in [0.05, 0.1) is 6.54 Å². The lowest BCUT2D eigenvalue weighted by Crippen LogP contribution is -2.40. The summed E-state index contributed by atoms with van der Waals surface area (Å²) >= 11 is 0. The normalized spacial score (nSPS) is 18.0. The number of nitrogens with zero attached hydrogens (tertiary/aromatic N) is 4. The van der Waals surface area contributed by atoms with Gasteiger partial charge in [-0.3, -0.25) is 4.90 Å². The summed E-state index contributed by atoms with van der Waals surface area (Å²) in [5, 5.41) is 8.80. The van der Waals surface area contributed by atoms with Gasteiger partial charge >= 0.3 is 0 Å². The molecule has 1 saturated carbocycles. The Labute approximate surface area is 136 Å². The van der Waals surface area contributed by atoms with Gasteiger partial charge in [-0.1, -0.05) is 18.6 Å². The first-order valence-electron chi connectivity index (χ1n) is 8.69. The van der Waals surface area contributed by atoms with Crippen LogP contribution in [0.1, 0.15) is 49.3 Å². The van der Waals surface area contributed by atoms with Crippen molar-refractivity contribution >= 4 is 0 Å². The molecule has 0 radical (unpaired) electrons. The third-order valence-corrected chi connectivity index (χ3v) is 5.15. The van der Waals surface area contributed by atoms with Crippen LogP contribution >= 0.6 is 0 Å². The van der Waals surface area contributed by atoms with Crippen molar-refractivity contribution in [1.29, 1.82) is 0 Å². The van der Waals surface area contributed by atoms with E-state index in [4.69, 9.17) is 0 Å². The topological polar surface area (TPSA) is 34.0 Å². The molecule has 0 N–H and O–H groups in total. The maximum atomic E-state index is 13.5. The Hall–Kier alpha value is -1.75. The lowest BCUT2D eigenvalue weighted by Gasteiger charge is -2.37. The van der Waals surface area contributed by atoms with Crippen LogP contribution in [0, 0.1) is 5.82 Å². The molecular weight excluding hydrogens is 291 g/mol. The van der Waals surface area contributed by atoms with Crippen LogP contribution in [0.5, 0.6) is 0 Å². The number of hydrogen-bond donors (Lipinski definition) is 0. The van der Waals surface area contributed by atoms with Crippen LogP contribution in [0.25, 0.3) is 0 Å². The Morgan fingerprint density at radius 2 is 2.04 bits per heavy atom. The SMILES string of the molecule is Fc1cccc(CN(Cc2nnc3n2CCCC3)C2CCC2)c1. The molecule has 4 rings (SSSR count). The smallest absolute Gasteiger partial charge is 0.147 e. The summed E-state index contributed by atoms with van der Waals surface area (Å²) in [7, 11) is 0. The number of aryl methyl sites for hydroxylation is 1. The predicted octanol–water partition coefficient (Wildman–Crippen LogP) is 3.31. The second kappa shape index (κ2) is 6.40. The molecule has 2 heterocycles. The number of rotatable bonds is 5. The third-order valence-electron chi connectivity index (χ3n) is 5.15. The first-order chi connectivity index (χ1) is 11.3. The van der Waals surface area contributed by atoms with Crippen molar-refractivity contribution in [2.45, 2.75) is 64.2 Å². The van der Waals surface area contributed by atoms with Gasteiger partial charge in [-0.25, -0.2) is 4.39 Å². The van der Waals surface area contributed by atoms with Crippen molar-refractivity contribution in [3.05, 3.63) is 47.3 Å². The fourth-order valence-corrected chi connectivity index (χ4v) is 3.60. The minimum atomic E-state index is -0.157. The first kappa shape index (κ1) is 14.8. The molecule has 122 valence electrons. The van der Waals surface area contributed by atoms with Gasteiger partial charge in [-0.15, -0.1) is 10.2 Å². The van der Waals surface area contributed by atoms with Gasteiger partial charge in [0, 0.05) is 25.6 Å². The Morgan fingerprint density at radius 3 is 2.83 bits per heavy atom. The maximum absolute atomic E-state index is 13.5. The standard InChI is InChI=1S/C18H23FN4/c19-15-6-3-5-14(11-15)12-22(16-7-4-8-16)13-18-21-20-17-9-1-2-10-23(17)18/h3,5-6,11,16H,1-2,4,7-10,12-13H2. The fourth-order valence-electron chi connectivity index (χ4n) is 3.60. The van der Waals surface area contributed by atoms with E-state index in [-0.39, 0.29) is 5.82 Å². The first-order valence-corrected chi connectivity index (χ1v) is 8.69. The van der Waals surface area contributed by atoms with E-state index < -0.39 is 0 Å². The zero-order valence-electron chi connectivity index (χ0n) is 13.4. The van der Waals surface area contributed by atoms with Crippen LogP contribution in [0.2, 0.25) is 0 Å². The molecule has 1 aliphatic carbocycles. The van der Waals surface area contributed by atoms with E-state index in [0.29, 0.717) is 6.04 Å². The molecule has 2 aliphatic rings. The maximum Gasteiger partial charge on any atom is 0.147 e. The zero-order chi connectivity index (χ0) is 15.6. The van der Waals surface area contributed by atoms with Gasteiger partial charge in [0.1, 0.15) is 17.5 Å². The van der Waals surface area contributed by atoms with Crippen LogP contribution < -0.4 is 0 Å². The molecule has 5 heteroatoms. The largest absolute Gasteiger partial charge is 0.314 e. The predicted molar refractivity (Wildman–Crippen MR) is 86.2 cm³/mol. The Balaban J connectivity index is 1.53. The van der Waals surface area contributed by atoms with E-state index in [1.807, 2.05) is 6.07 Å². The molecule has 0 unspecified atom stereocenters. The fraction of sp³-hybridized carbons (Fsp3) is 0.556. The quantitative estimate of drug-likeness (QED) is 0.849. The van der Waals surface area contributed by atoms with Crippen molar-refractivity contribution in [3.8, 4) is 0 Å². The highest BCUT2D eigenvalue weighted by Crippen LogP contribution is 2.28. The van der Waals surface area contributed by atoms with Gasteiger partial charge < -0.3 is 4.57 Å². The van der Waals surface area contributed by atoms with E-state index in [1.54, 1.807) is 12.1 Å². The van der Waals surface area contributed by atoms with Crippen LogP contribution in [-0.2, 0) is 26.1 Å². The molecule has 4 nitrogen and oxygen atoms in total. The van der Waals surface area contributed by atoms with E-state index >= 15 is 0 Å². The number of benzene rings is 1. The molecule has 1 aromatic heterocycles. The molecule has 0 spiro atoms.